The van der Waals surface area contributed by atoms with Crippen molar-refractivity contribution in [2.24, 2.45) is 0 Å². The van der Waals surface area contributed by atoms with Gasteiger partial charge in [-0.25, -0.2) is 4.98 Å². The summed E-state index contributed by atoms with van der Waals surface area (Å²) in [4.78, 5) is 18.2. The highest BCUT2D eigenvalue weighted by Gasteiger charge is 2.15. The summed E-state index contributed by atoms with van der Waals surface area (Å²) < 4.78 is 0. The summed E-state index contributed by atoms with van der Waals surface area (Å²) in [6, 6.07) is 7.15. The number of benzene rings is 1. The fourth-order valence-electron chi connectivity index (χ4n) is 2.75. The second-order valence-electron chi connectivity index (χ2n) is 5.63. The molecule has 2 aromatic rings. The topological polar surface area (TPSA) is 68.0 Å². The van der Waals surface area contributed by atoms with Gasteiger partial charge in [0.2, 0.25) is 0 Å². The Balaban J connectivity index is 1.46. The van der Waals surface area contributed by atoms with E-state index in [1.807, 2.05) is 23.5 Å². The molecule has 0 bridgehead atoms. The second-order valence-corrected chi connectivity index (χ2v) is 6.80. The molecule has 0 saturated heterocycles. The smallest absolute Gasteiger partial charge is 0.253 e. The molecule has 1 aromatic carbocycles. The number of carbonyl (C=O) groups excluding carboxylic acids is 1. The van der Waals surface area contributed by atoms with E-state index in [0.29, 0.717) is 17.8 Å². The predicted molar refractivity (Wildman–Crippen MR) is 90.3 cm³/mol. The summed E-state index contributed by atoms with van der Waals surface area (Å²) in [5, 5.41) is 4.14. The number of amides is 1. The summed E-state index contributed by atoms with van der Waals surface area (Å²) in [6.45, 7) is 0.650. The Morgan fingerprint density at radius 3 is 2.91 bits per heavy atom. The van der Waals surface area contributed by atoms with Crippen molar-refractivity contribution in [3.8, 4) is 0 Å². The van der Waals surface area contributed by atoms with Gasteiger partial charge in [0.25, 0.3) is 5.91 Å². The molecular formula is C17H21N3OS. The number of thiazole rings is 1. The van der Waals surface area contributed by atoms with Gasteiger partial charge in [-0.15, -0.1) is 11.3 Å². The zero-order chi connectivity index (χ0) is 15.4. The quantitative estimate of drug-likeness (QED) is 0.658. The van der Waals surface area contributed by atoms with Gasteiger partial charge in [-0.05, 0) is 44.2 Å². The van der Waals surface area contributed by atoms with Gasteiger partial charge in [0.05, 0.1) is 16.3 Å². The number of aryl methyl sites for hydroxylation is 3. The Kier molecular flexibility index (Phi) is 4.73. The lowest BCUT2D eigenvalue weighted by Gasteiger charge is -2.06. The molecule has 0 spiro atoms. The summed E-state index contributed by atoms with van der Waals surface area (Å²) in [5.74, 6) is -0.100. The molecule has 4 nitrogen and oxygen atoms in total. The number of hydrogen-bond acceptors (Lipinski definition) is 4. The van der Waals surface area contributed by atoms with Crippen LogP contribution >= 0.6 is 11.3 Å². The van der Waals surface area contributed by atoms with E-state index in [1.165, 1.54) is 34.8 Å². The summed E-state index contributed by atoms with van der Waals surface area (Å²) in [7, 11) is 0. The van der Waals surface area contributed by atoms with Crippen LogP contribution in [0.4, 0.5) is 5.69 Å². The maximum atomic E-state index is 12.0. The average Bonchev–Trinajstić information content (AvgIpc) is 2.94. The van der Waals surface area contributed by atoms with Crippen LogP contribution in [-0.4, -0.2) is 17.4 Å². The van der Waals surface area contributed by atoms with E-state index < -0.39 is 0 Å². The van der Waals surface area contributed by atoms with Crippen LogP contribution in [0.25, 0.3) is 0 Å². The van der Waals surface area contributed by atoms with E-state index in [-0.39, 0.29) is 5.91 Å². The largest absolute Gasteiger partial charge is 0.398 e. The van der Waals surface area contributed by atoms with E-state index in [1.54, 1.807) is 12.1 Å². The van der Waals surface area contributed by atoms with Crippen LogP contribution in [0.15, 0.2) is 24.3 Å². The van der Waals surface area contributed by atoms with Gasteiger partial charge < -0.3 is 11.1 Å². The number of rotatable bonds is 5. The van der Waals surface area contributed by atoms with Gasteiger partial charge in [0, 0.05) is 23.5 Å². The molecule has 1 aromatic heterocycles. The number of para-hydroxylation sites is 1. The Labute approximate surface area is 134 Å². The van der Waals surface area contributed by atoms with Crippen LogP contribution in [0, 0.1) is 0 Å². The second kappa shape index (κ2) is 6.92. The highest BCUT2D eigenvalue weighted by Crippen LogP contribution is 2.27. The van der Waals surface area contributed by atoms with E-state index in [2.05, 4.69) is 5.32 Å². The van der Waals surface area contributed by atoms with Crippen molar-refractivity contribution >= 4 is 22.9 Å². The van der Waals surface area contributed by atoms with Crippen molar-refractivity contribution in [2.45, 2.75) is 38.5 Å². The van der Waals surface area contributed by atoms with Crippen LogP contribution in [0.1, 0.15) is 45.2 Å². The first kappa shape index (κ1) is 15.0. The summed E-state index contributed by atoms with van der Waals surface area (Å²) in [5.41, 5.74) is 8.19. The van der Waals surface area contributed by atoms with E-state index in [0.717, 1.165) is 19.3 Å². The number of nitrogens with zero attached hydrogens (tertiary/aromatic N) is 1. The number of aromatic nitrogens is 1. The van der Waals surface area contributed by atoms with Gasteiger partial charge in [-0.1, -0.05) is 12.1 Å². The van der Waals surface area contributed by atoms with Gasteiger partial charge >= 0.3 is 0 Å². The average molecular weight is 315 g/mol. The number of nitrogens with two attached hydrogens (primary N) is 1. The summed E-state index contributed by atoms with van der Waals surface area (Å²) in [6.07, 6.45) is 6.73. The lowest BCUT2D eigenvalue weighted by atomic mass is 10.0. The fourth-order valence-corrected chi connectivity index (χ4v) is 3.95. The molecule has 5 heteroatoms. The Hall–Kier alpha value is -1.88. The molecule has 1 amide bonds. The number of hydrogen-bond donors (Lipinski definition) is 2. The first-order chi connectivity index (χ1) is 10.7. The van der Waals surface area contributed by atoms with E-state index in [9.17, 15) is 4.79 Å². The molecule has 22 heavy (non-hydrogen) atoms. The third kappa shape index (κ3) is 3.47. The third-order valence-electron chi connectivity index (χ3n) is 3.95. The first-order valence-corrected chi connectivity index (χ1v) is 8.66. The van der Waals surface area contributed by atoms with Crippen molar-refractivity contribution in [1.29, 1.82) is 0 Å². The van der Waals surface area contributed by atoms with Gasteiger partial charge in [-0.3, -0.25) is 4.79 Å². The van der Waals surface area contributed by atoms with Crippen LogP contribution in [-0.2, 0) is 19.3 Å². The monoisotopic (exact) mass is 315 g/mol. The molecule has 1 aliphatic rings. The van der Waals surface area contributed by atoms with Crippen LogP contribution in [0.2, 0.25) is 0 Å². The van der Waals surface area contributed by atoms with Crippen molar-refractivity contribution in [2.75, 3.05) is 12.3 Å². The van der Waals surface area contributed by atoms with Crippen molar-refractivity contribution in [3.05, 3.63) is 45.4 Å². The van der Waals surface area contributed by atoms with Crippen molar-refractivity contribution in [1.82, 2.24) is 10.3 Å². The fraction of sp³-hybridized carbons (Fsp3) is 0.412. The molecule has 0 fully saturated rings. The minimum Gasteiger partial charge on any atom is -0.398 e. The molecule has 3 rings (SSSR count). The number of fused-ring (bicyclic) bond motifs is 1. The van der Waals surface area contributed by atoms with Crippen LogP contribution < -0.4 is 11.1 Å². The highest BCUT2D eigenvalue weighted by molar-refractivity contribution is 7.11. The van der Waals surface area contributed by atoms with Gasteiger partial charge in [-0.2, -0.15) is 0 Å². The molecule has 1 heterocycles. The predicted octanol–water partition coefficient (Wildman–Crippen LogP) is 2.97. The zero-order valence-corrected chi connectivity index (χ0v) is 13.4. The molecule has 0 unspecified atom stereocenters. The maximum absolute atomic E-state index is 12.0. The standard InChI is InChI=1S/C17H21N3OS/c18-13-7-2-1-6-12(13)17(21)19-11-5-10-16-20-14-8-3-4-9-15(14)22-16/h1-2,6-7H,3-5,8-11,18H2,(H,19,21). The first-order valence-electron chi connectivity index (χ1n) is 7.84. The van der Waals surface area contributed by atoms with Gasteiger partial charge in [0.1, 0.15) is 0 Å². The highest BCUT2D eigenvalue weighted by atomic mass is 32.1. The number of carbonyl (C=O) groups is 1. The zero-order valence-electron chi connectivity index (χ0n) is 12.6. The molecular weight excluding hydrogens is 294 g/mol. The van der Waals surface area contributed by atoms with Crippen molar-refractivity contribution < 1.29 is 4.79 Å². The Morgan fingerprint density at radius 2 is 2.09 bits per heavy atom. The minimum atomic E-state index is -0.100. The number of anilines is 1. The Bertz CT molecular complexity index is 642. The minimum absolute atomic E-state index is 0.100. The van der Waals surface area contributed by atoms with E-state index in [4.69, 9.17) is 10.7 Å². The van der Waals surface area contributed by atoms with Crippen LogP contribution in [0.5, 0.6) is 0 Å². The summed E-state index contributed by atoms with van der Waals surface area (Å²) >= 11 is 1.85. The number of nitrogen functional groups attached to an aromatic ring is 1. The lowest BCUT2D eigenvalue weighted by Crippen LogP contribution is -2.25. The molecule has 3 N–H and O–H groups in total. The van der Waals surface area contributed by atoms with Gasteiger partial charge in [0.15, 0.2) is 0 Å². The van der Waals surface area contributed by atoms with E-state index >= 15 is 0 Å². The third-order valence-corrected chi connectivity index (χ3v) is 5.17. The van der Waals surface area contributed by atoms with Crippen LogP contribution in [0.3, 0.4) is 0 Å². The SMILES string of the molecule is Nc1ccccc1C(=O)NCCCc1nc2c(s1)CCCC2. The van der Waals surface area contributed by atoms with Crippen molar-refractivity contribution in [3.63, 3.8) is 0 Å². The lowest BCUT2D eigenvalue weighted by molar-refractivity contribution is 0.0954. The maximum Gasteiger partial charge on any atom is 0.253 e. The molecule has 0 atom stereocenters. The molecule has 0 saturated carbocycles. The molecule has 0 radical (unpaired) electrons. The molecule has 0 aliphatic heterocycles. The molecule has 1 aliphatic carbocycles. The molecule has 116 valence electrons. The number of nitrogens with one attached hydrogen (secondary N) is 1. The Morgan fingerprint density at radius 1 is 1.27 bits per heavy atom. The normalized spacial score (nSPS) is 13.6.